The van der Waals surface area contributed by atoms with Crippen molar-refractivity contribution in [2.45, 2.75) is 57.8 Å². The second-order valence-electron chi connectivity index (χ2n) is 10.6. The molecule has 0 saturated carbocycles. The lowest BCUT2D eigenvalue weighted by Crippen LogP contribution is -2.36. The molecule has 2 aliphatic heterocycles. The van der Waals surface area contributed by atoms with Crippen molar-refractivity contribution in [3.05, 3.63) is 70.8 Å². The van der Waals surface area contributed by atoms with Gasteiger partial charge in [0.25, 0.3) is 0 Å². The summed E-state index contributed by atoms with van der Waals surface area (Å²) in [5, 5.41) is 17.2. The van der Waals surface area contributed by atoms with Gasteiger partial charge in [-0.1, -0.05) is 17.7 Å². The lowest BCUT2D eigenvalue weighted by molar-refractivity contribution is -0.148. The maximum Gasteiger partial charge on any atom is 0.309 e. The van der Waals surface area contributed by atoms with Crippen molar-refractivity contribution in [3.8, 4) is 0 Å². The monoisotopic (exact) mass is 597 g/mol. The number of carbonyl (C=O) groups is 1. The van der Waals surface area contributed by atoms with Crippen molar-refractivity contribution in [1.82, 2.24) is 9.97 Å². The van der Waals surface area contributed by atoms with Crippen LogP contribution in [0.5, 0.6) is 0 Å². The third kappa shape index (κ3) is 7.48. The van der Waals surface area contributed by atoms with Crippen molar-refractivity contribution >= 4 is 40.6 Å². The van der Waals surface area contributed by atoms with E-state index in [0.29, 0.717) is 30.2 Å². The lowest BCUT2D eigenvalue weighted by atomic mass is 9.96. The standard InChI is InChI=1S/C31H37ClFN5O4/c1-2-41-30(40)20-14-16-38(17-15-20)22-10-8-21(9-11-22)35-31-34-19-24(27(36-31)13-12-23-5-4-18-42-23)29(39)37-28-25(32)6-3-7-26(28)33/h3,6-11,19-20,23,29,37,39H,2,4-5,12-18H2,1H3,(H,34,35,36). The summed E-state index contributed by atoms with van der Waals surface area (Å²) in [6.07, 6.45) is 5.31. The van der Waals surface area contributed by atoms with Gasteiger partial charge < -0.3 is 30.1 Å². The van der Waals surface area contributed by atoms with Crippen LogP contribution in [0.4, 0.5) is 27.4 Å². The number of anilines is 4. The number of aliphatic hydroxyl groups excluding tert-OH is 1. The van der Waals surface area contributed by atoms with Gasteiger partial charge in [-0.15, -0.1) is 0 Å². The number of aryl methyl sites for hydroxylation is 1. The Hall–Kier alpha value is -3.47. The number of hydrogen-bond donors (Lipinski definition) is 3. The highest BCUT2D eigenvalue weighted by molar-refractivity contribution is 6.33. The number of aromatic nitrogens is 2. The van der Waals surface area contributed by atoms with Crippen LogP contribution in [0.15, 0.2) is 48.7 Å². The highest BCUT2D eigenvalue weighted by Crippen LogP contribution is 2.30. The molecule has 2 fully saturated rings. The second-order valence-corrected chi connectivity index (χ2v) is 11.0. The summed E-state index contributed by atoms with van der Waals surface area (Å²) in [5.41, 5.74) is 2.99. The number of carbonyl (C=O) groups excluding carboxylic acids is 1. The summed E-state index contributed by atoms with van der Waals surface area (Å²) in [6, 6.07) is 12.3. The molecule has 2 atom stereocenters. The first kappa shape index (κ1) is 30.0. The Labute approximate surface area is 250 Å². The van der Waals surface area contributed by atoms with E-state index < -0.39 is 12.0 Å². The van der Waals surface area contributed by atoms with Crippen LogP contribution in [0.1, 0.15) is 56.5 Å². The minimum atomic E-state index is -1.26. The Morgan fingerprint density at radius 1 is 1.21 bits per heavy atom. The number of halogens is 2. The molecular weight excluding hydrogens is 561 g/mol. The summed E-state index contributed by atoms with van der Waals surface area (Å²) in [5.74, 6) is -0.306. The van der Waals surface area contributed by atoms with Crippen LogP contribution in [0.3, 0.4) is 0 Å². The zero-order valence-corrected chi connectivity index (χ0v) is 24.4. The minimum Gasteiger partial charge on any atom is -0.466 e. The quantitative estimate of drug-likeness (QED) is 0.181. The molecule has 1 aromatic heterocycles. The molecule has 224 valence electrons. The van der Waals surface area contributed by atoms with Crippen molar-refractivity contribution in [2.24, 2.45) is 5.92 Å². The molecule has 3 heterocycles. The molecule has 9 nitrogen and oxygen atoms in total. The van der Waals surface area contributed by atoms with Crippen LogP contribution in [0.25, 0.3) is 0 Å². The molecule has 3 N–H and O–H groups in total. The Bertz CT molecular complexity index is 1330. The van der Waals surface area contributed by atoms with E-state index in [2.05, 4.69) is 20.5 Å². The van der Waals surface area contributed by atoms with Crippen LogP contribution in [-0.2, 0) is 20.7 Å². The first-order valence-electron chi connectivity index (χ1n) is 14.6. The van der Waals surface area contributed by atoms with Gasteiger partial charge in [-0.3, -0.25) is 4.79 Å². The molecule has 0 spiro atoms. The summed E-state index contributed by atoms with van der Waals surface area (Å²) >= 11 is 6.16. The van der Waals surface area contributed by atoms with Gasteiger partial charge in [-0.2, -0.15) is 0 Å². The molecule has 5 rings (SSSR count). The summed E-state index contributed by atoms with van der Waals surface area (Å²) in [4.78, 5) is 23.5. The molecule has 3 aromatic rings. The molecule has 2 unspecified atom stereocenters. The number of rotatable bonds is 11. The third-order valence-electron chi connectivity index (χ3n) is 7.77. The smallest absolute Gasteiger partial charge is 0.309 e. The number of ether oxygens (including phenoxy) is 2. The van der Waals surface area contributed by atoms with Gasteiger partial charge in [0.2, 0.25) is 5.95 Å². The third-order valence-corrected chi connectivity index (χ3v) is 8.08. The van der Waals surface area contributed by atoms with Crippen LogP contribution in [-0.4, -0.2) is 53.5 Å². The minimum absolute atomic E-state index is 0.0177. The lowest BCUT2D eigenvalue weighted by Gasteiger charge is -2.32. The maximum atomic E-state index is 14.4. The van der Waals surface area contributed by atoms with Crippen molar-refractivity contribution in [2.75, 3.05) is 41.8 Å². The van der Waals surface area contributed by atoms with Crippen LogP contribution in [0, 0.1) is 11.7 Å². The highest BCUT2D eigenvalue weighted by atomic mass is 35.5. The second kappa shape index (κ2) is 14.1. The molecule has 42 heavy (non-hydrogen) atoms. The molecule has 0 aliphatic carbocycles. The fourth-order valence-corrected chi connectivity index (χ4v) is 5.67. The van der Waals surface area contributed by atoms with Crippen LogP contribution < -0.4 is 15.5 Å². The van der Waals surface area contributed by atoms with Crippen LogP contribution >= 0.6 is 11.6 Å². The van der Waals surface area contributed by atoms with Crippen molar-refractivity contribution < 1.29 is 23.8 Å². The van der Waals surface area contributed by atoms with E-state index in [1.807, 2.05) is 31.2 Å². The average Bonchev–Trinajstić information content (AvgIpc) is 3.53. The summed E-state index contributed by atoms with van der Waals surface area (Å²) in [7, 11) is 0. The highest BCUT2D eigenvalue weighted by Gasteiger charge is 2.26. The molecule has 11 heteroatoms. The fraction of sp³-hybridized carbons (Fsp3) is 0.452. The van der Waals surface area contributed by atoms with E-state index in [4.69, 9.17) is 26.1 Å². The number of hydrogen-bond acceptors (Lipinski definition) is 9. The van der Waals surface area contributed by atoms with Gasteiger partial charge in [0.15, 0.2) is 6.23 Å². The van der Waals surface area contributed by atoms with Crippen molar-refractivity contribution in [3.63, 3.8) is 0 Å². The number of aliphatic hydroxyl groups is 1. The van der Waals surface area contributed by atoms with E-state index in [1.54, 1.807) is 12.3 Å². The molecule has 2 aliphatic rings. The summed E-state index contributed by atoms with van der Waals surface area (Å²) in [6.45, 7) is 4.59. The van der Waals surface area contributed by atoms with Crippen LogP contribution in [0.2, 0.25) is 5.02 Å². The zero-order chi connectivity index (χ0) is 29.5. The zero-order valence-electron chi connectivity index (χ0n) is 23.7. The van der Waals surface area contributed by atoms with Gasteiger partial charge in [0, 0.05) is 42.8 Å². The first-order chi connectivity index (χ1) is 20.4. The predicted octanol–water partition coefficient (Wildman–Crippen LogP) is 6.01. The Kier molecular flexibility index (Phi) is 10.1. The predicted molar refractivity (Wildman–Crippen MR) is 161 cm³/mol. The number of esters is 1. The van der Waals surface area contributed by atoms with E-state index in [1.165, 1.54) is 12.1 Å². The van der Waals surface area contributed by atoms with Gasteiger partial charge in [0.1, 0.15) is 5.82 Å². The Morgan fingerprint density at radius 3 is 2.69 bits per heavy atom. The Balaban J connectivity index is 1.27. The van der Waals surface area contributed by atoms with Gasteiger partial charge in [-0.25, -0.2) is 14.4 Å². The molecular formula is C31H37ClFN5O4. The molecule has 0 radical (unpaired) electrons. The largest absolute Gasteiger partial charge is 0.466 e. The molecule has 0 amide bonds. The summed E-state index contributed by atoms with van der Waals surface area (Å²) < 4.78 is 25.3. The van der Waals surface area contributed by atoms with Gasteiger partial charge in [-0.05, 0) is 81.8 Å². The fourth-order valence-electron chi connectivity index (χ4n) is 5.45. The molecule has 2 saturated heterocycles. The number of para-hydroxylation sites is 1. The number of benzene rings is 2. The van der Waals surface area contributed by atoms with E-state index in [9.17, 15) is 14.3 Å². The first-order valence-corrected chi connectivity index (χ1v) is 14.9. The van der Waals surface area contributed by atoms with E-state index in [0.717, 1.165) is 63.2 Å². The SMILES string of the molecule is CCOC(=O)C1CCN(c2ccc(Nc3ncc(C(O)Nc4c(F)cccc4Cl)c(CCC4CCCO4)n3)cc2)CC1. The average molecular weight is 598 g/mol. The van der Waals surface area contributed by atoms with E-state index >= 15 is 0 Å². The topological polar surface area (TPSA) is 109 Å². The van der Waals surface area contributed by atoms with Gasteiger partial charge in [0.05, 0.1) is 35.0 Å². The van der Waals surface area contributed by atoms with Gasteiger partial charge >= 0.3 is 5.97 Å². The normalized spacial score (nSPS) is 18.1. The maximum absolute atomic E-state index is 14.4. The number of piperidine rings is 1. The molecule has 2 aromatic carbocycles. The molecule has 0 bridgehead atoms. The van der Waals surface area contributed by atoms with Crippen molar-refractivity contribution in [1.29, 1.82) is 0 Å². The number of nitrogens with one attached hydrogen (secondary N) is 2. The number of nitrogens with zero attached hydrogens (tertiary/aromatic N) is 3. The van der Waals surface area contributed by atoms with E-state index in [-0.39, 0.29) is 28.7 Å². The Morgan fingerprint density at radius 2 is 2.00 bits per heavy atom.